The topological polar surface area (TPSA) is 53.1 Å². The molecule has 0 radical (unpaired) electrons. The molecule has 2 heterocycles. The van der Waals surface area contributed by atoms with Crippen LogP contribution in [0.25, 0.3) is 0 Å². The van der Waals surface area contributed by atoms with Crippen molar-refractivity contribution in [2.75, 3.05) is 36.8 Å². The largest absolute Gasteiger partial charge is 0.370 e. The third kappa shape index (κ3) is 4.07. The smallest absolute Gasteiger partial charge is 0.134 e. The monoisotopic (exact) mass is 277 g/mol. The summed E-state index contributed by atoms with van der Waals surface area (Å²) in [6.45, 7) is 10.9. The van der Waals surface area contributed by atoms with Gasteiger partial charge in [-0.1, -0.05) is 6.92 Å². The van der Waals surface area contributed by atoms with E-state index in [9.17, 15) is 0 Å². The molecule has 1 aliphatic heterocycles. The molecular weight excluding hydrogens is 250 g/mol. The molecule has 2 N–H and O–H groups in total. The molecule has 1 saturated heterocycles. The number of hydrogen-bond acceptors (Lipinski definition) is 5. The van der Waals surface area contributed by atoms with Gasteiger partial charge in [-0.2, -0.15) is 0 Å². The fourth-order valence-electron chi connectivity index (χ4n) is 2.65. The van der Waals surface area contributed by atoms with Crippen molar-refractivity contribution in [1.82, 2.24) is 14.9 Å². The number of likely N-dealkylation sites (tertiary alicyclic amines) is 1. The minimum absolute atomic E-state index is 0.403. The molecular formula is C15H27N5. The van der Waals surface area contributed by atoms with Crippen LogP contribution < -0.4 is 10.6 Å². The van der Waals surface area contributed by atoms with Crippen molar-refractivity contribution >= 4 is 11.6 Å². The molecule has 1 atom stereocenters. The molecule has 0 amide bonds. The molecule has 0 spiro atoms. The van der Waals surface area contributed by atoms with E-state index in [1.54, 1.807) is 6.33 Å². The van der Waals surface area contributed by atoms with Crippen LogP contribution in [0.4, 0.5) is 11.6 Å². The summed E-state index contributed by atoms with van der Waals surface area (Å²) < 4.78 is 0. The van der Waals surface area contributed by atoms with E-state index in [1.165, 1.54) is 25.9 Å². The Bertz CT molecular complexity index is 415. The van der Waals surface area contributed by atoms with Gasteiger partial charge in [0.2, 0.25) is 0 Å². The third-order valence-corrected chi connectivity index (χ3v) is 3.74. The average Bonchev–Trinajstić information content (AvgIpc) is 2.92. The number of hydrogen-bond donors (Lipinski definition) is 2. The fourth-order valence-corrected chi connectivity index (χ4v) is 2.65. The minimum atomic E-state index is 0.403. The van der Waals surface area contributed by atoms with E-state index in [2.05, 4.69) is 46.3 Å². The highest BCUT2D eigenvalue weighted by molar-refractivity contribution is 5.56. The zero-order valence-electron chi connectivity index (χ0n) is 12.9. The maximum atomic E-state index is 4.38. The Labute approximate surface area is 122 Å². The summed E-state index contributed by atoms with van der Waals surface area (Å²) in [6.07, 6.45) is 5.40. The van der Waals surface area contributed by atoms with Gasteiger partial charge in [-0.3, -0.25) is 0 Å². The molecule has 0 saturated carbocycles. The summed E-state index contributed by atoms with van der Waals surface area (Å²) in [5.41, 5.74) is 1.11. The van der Waals surface area contributed by atoms with Crippen LogP contribution in [0, 0.1) is 6.92 Å². The van der Waals surface area contributed by atoms with E-state index in [-0.39, 0.29) is 0 Å². The van der Waals surface area contributed by atoms with Crippen LogP contribution in [0.15, 0.2) is 6.33 Å². The Morgan fingerprint density at radius 2 is 1.95 bits per heavy atom. The van der Waals surface area contributed by atoms with Gasteiger partial charge in [-0.25, -0.2) is 9.97 Å². The van der Waals surface area contributed by atoms with Crippen molar-refractivity contribution in [1.29, 1.82) is 0 Å². The van der Waals surface area contributed by atoms with Gasteiger partial charge in [0.1, 0.15) is 18.0 Å². The number of rotatable bonds is 7. The van der Waals surface area contributed by atoms with Crippen LogP contribution in [-0.2, 0) is 0 Å². The summed E-state index contributed by atoms with van der Waals surface area (Å²) in [5.74, 6) is 1.89. The SMILES string of the molecule is CCCNc1ncnc(NC(C)CN2CCCC2)c1C. The number of aromatic nitrogens is 2. The van der Waals surface area contributed by atoms with Crippen molar-refractivity contribution in [3.63, 3.8) is 0 Å². The molecule has 1 aliphatic rings. The molecule has 0 bridgehead atoms. The fraction of sp³-hybridized carbons (Fsp3) is 0.733. The normalized spacial score (nSPS) is 17.1. The highest BCUT2D eigenvalue weighted by Crippen LogP contribution is 2.19. The molecule has 1 aromatic rings. The lowest BCUT2D eigenvalue weighted by molar-refractivity contribution is 0.327. The molecule has 0 aliphatic carbocycles. The van der Waals surface area contributed by atoms with Crippen LogP contribution in [0.5, 0.6) is 0 Å². The zero-order valence-corrected chi connectivity index (χ0v) is 12.9. The molecule has 1 unspecified atom stereocenters. The first kappa shape index (κ1) is 15.0. The molecule has 20 heavy (non-hydrogen) atoms. The first-order valence-electron chi connectivity index (χ1n) is 7.75. The molecule has 5 heteroatoms. The number of nitrogens with zero attached hydrogens (tertiary/aromatic N) is 3. The second-order valence-electron chi connectivity index (χ2n) is 5.68. The van der Waals surface area contributed by atoms with Crippen LogP contribution in [-0.4, -0.2) is 47.1 Å². The maximum absolute atomic E-state index is 4.38. The zero-order chi connectivity index (χ0) is 14.4. The van der Waals surface area contributed by atoms with Crippen LogP contribution in [0.1, 0.15) is 38.7 Å². The third-order valence-electron chi connectivity index (χ3n) is 3.74. The van der Waals surface area contributed by atoms with Gasteiger partial charge in [0.25, 0.3) is 0 Å². The standard InChI is InChI=1S/C15H27N5/c1-4-7-16-14-13(3)15(18-11-17-14)19-12(2)10-20-8-5-6-9-20/h11-12H,4-10H2,1-3H3,(H2,16,17,18,19). The molecule has 0 aromatic carbocycles. The summed E-state index contributed by atoms with van der Waals surface area (Å²) in [4.78, 5) is 11.2. The highest BCUT2D eigenvalue weighted by atomic mass is 15.2. The van der Waals surface area contributed by atoms with Crippen LogP contribution in [0.3, 0.4) is 0 Å². The first-order chi connectivity index (χ1) is 9.70. The van der Waals surface area contributed by atoms with Crippen LogP contribution in [0.2, 0.25) is 0 Å². The number of nitrogens with one attached hydrogen (secondary N) is 2. The van der Waals surface area contributed by atoms with E-state index >= 15 is 0 Å². The summed E-state index contributed by atoms with van der Waals surface area (Å²) in [7, 11) is 0. The molecule has 5 nitrogen and oxygen atoms in total. The van der Waals surface area contributed by atoms with Crippen molar-refractivity contribution in [2.45, 2.75) is 46.1 Å². The molecule has 1 aromatic heterocycles. The lowest BCUT2D eigenvalue weighted by atomic mass is 10.2. The van der Waals surface area contributed by atoms with Gasteiger partial charge in [0.05, 0.1) is 0 Å². The van der Waals surface area contributed by atoms with E-state index in [0.29, 0.717) is 6.04 Å². The van der Waals surface area contributed by atoms with E-state index in [0.717, 1.165) is 36.7 Å². The van der Waals surface area contributed by atoms with Gasteiger partial charge in [-0.15, -0.1) is 0 Å². The highest BCUT2D eigenvalue weighted by Gasteiger charge is 2.16. The quantitative estimate of drug-likeness (QED) is 0.802. The average molecular weight is 277 g/mol. The Morgan fingerprint density at radius 1 is 1.25 bits per heavy atom. The summed E-state index contributed by atoms with van der Waals surface area (Å²) >= 11 is 0. The molecule has 1 fully saturated rings. The Balaban J connectivity index is 1.93. The van der Waals surface area contributed by atoms with Gasteiger partial charge >= 0.3 is 0 Å². The summed E-state index contributed by atoms with van der Waals surface area (Å²) in [5, 5.41) is 6.87. The predicted molar refractivity (Wildman–Crippen MR) is 84.3 cm³/mol. The Morgan fingerprint density at radius 3 is 2.65 bits per heavy atom. The number of anilines is 2. The van der Waals surface area contributed by atoms with Crippen LogP contribution >= 0.6 is 0 Å². The van der Waals surface area contributed by atoms with Gasteiger partial charge in [0, 0.05) is 24.7 Å². The van der Waals surface area contributed by atoms with E-state index in [4.69, 9.17) is 0 Å². The van der Waals surface area contributed by atoms with Gasteiger partial charge in [-0.05, 0) is 46.2 Å². The lowest BCUT2D eigenvalue weighted by Gasteiger charge is -2.22. The summed E-state index contributed by atoms with van der Waals surface area (Å²) in [6, 6.07) is 0.403. The van der Waals surface area contributed by atoms with Gasteiger partial charge < -0.3 is 15.5 Å². The first-order valence-corrected chi connectivity index (χ1v) is 7.75. The maximum Gasteiger partial charge on any atom is 0.134 e. The second-order valence-corrected chi connectivity index (χ2v) is 5.68. The Hall–Kier alpha value is -1.36. The second kappa shape index (κ2) is 7.43. The van der Waals surface area contributed by atoms with Gasteiger partial charge in [0.15, 0.2) is 0 Å². The van der Waals surface area contributed by atoms with E-state index < -0.39 is 0 Å². The predicted octanol–water partition coefficient (Wildman–Crippen LogP) is 2.50. The van der Waals surface area contributed by atoms with Crippen molar-refractivity contribution in [3.05, 3.63) is 11.9 Å². The Kier molecular flexibility index (Phi) is 5.59. The lowest BCUT2D eigenvalue weighted by Crippen LogP contribution is -2.33. The van der Waals surface area contributed by atoms with E-state index in [1.807, 2.05) is 0 Å². The molecule has 2 rings (SSSR count). The molecule has 112 valence electrons. The van der Waals surface area contributed by atoms with Crippen molar-refractivity contribution in [2.24, 2.45) is 0 Å². The van der Waals surface area contributed by atoms with Crippen molar-refractivity contribution in [3.8, 4) is 0 Å². The minimum Gasteiger partial charge on any atom is -0.370 e. The van der Waals surface area contributed by atoms with Crippen molar-refractivity contribution < 1.29 is 0 Å².